The number of ether oxygens (including phenoxy) is 4. The minimum absolute atomic E-state index is 0.0743. The van der Waals surface area contributed by atoms with Crippen LogP contribution in [0, 0.1) is 17.2 Å². The van der Waals surface area contributed by atoms with Crippen LogP contribution in [0.3, 0.4) is 0 Å². The van der Waals surface area contributed by atoms with Gasteiger partial charge >= 0.3 is 18.3 Å². The molecule has 336 valence electrons. The third-order valence-corrected chi connectivity index (χ3v) is 16.1. The highest BCUT2D eigenvalue weighted by atomic mass is 28.4. The summed E-state index contributed by atoms with van der Waals surface area (Å²) in [6.45, 7) is 22.1. The predicted molar refractivity (Wildman–Crippen MR) is 230 cm³/mol. The van der Waals surface area contributed by atoms with E-state index in [0.29, 0.717) is 43.5 Å². The lowest BCUT2D eigenvalue weighted by molar-refractivity contribution is -0.120. The number of carbonyl (C=O) groups is 5. The van der Waals surface area contributed by atoms with Gasteiger partial charge in [-0.3, -0.25) is 19.4 Å². The first kappa shape index (κ1) is 46.0. The van der Waals surface area contributed by atoms with Crippen LogP contribution in [0.4, 0.5) is 31.7 Å². The number of benzene rings is 1. The number of hydrogen-bond donors (Lipinski definition) is 2. The molecule has 1 aliphatic carbocycles. The largest absolute Gasteiger partial charge is 0.465 e. The number of nitrogens with zero attached hydrogens (tertiary/aromatic N) is 6. The third-order valence-electron chi connectivity index (χ3n) is 11.5. The highest BCUT2D eigenvalue weighted by Gasteiger charge is 2.47. The van der Waals surface area contributed by atoms with Crippen molar-refractivity contribution in [2.45, 2.75) is 136 Å². The molecule has 4 aliphatic rings. The van der Waals surface area contributed by atoms with Crippen molar-refractivity contribution in [3.05, 3.63) is 35.0 Å². The Bertz CT molecular complexity index is 2140. The number of likely N-dealkylation sites (tertiary alicyclic amines) is 1. The van der Waals surface area contributed by atoms with Crippen LogP contribution in [-0.4, -0.2) is 120 Å². The molecular formula is C43H60N8O10Si. The lowest BCUT2D eigenvalue weighted by Crippen LogP contribution is -2.46. The molecule has 62 heavy (non-hydrogen) atoms. The van der Waals surface area contributed by atoms with E-state index >= 15 is 0 Å². The smallest absolute Gasteiger partial charge is 0.415 e. The van der Waals surface area contributed by atoms with Crippen LogP contribution >= 0.6 is 0 Å². The van der Waals surface area contributed by atoms with Gasteiger partial charge in [-0.1, -0.05) is 20.8 Å². The molecule has 2 saturated heterocycles. The van der Waals surface area contributed by atoms with Gasteiger partial charge in [-0.25, -0.2) is 24.4 Å². The van der Waals surface area contributed by atoms with Gasteiger partial charge in [0.1, 0.15) is 23.3 Å². The molecule has 2 unspecified atom stereocenters. The molecule has 0 saturated carbocycles. The summed E-state index contributed by atoms with van der Waals surface area (Å²) in [5.41, 5.74) is 1.01. The molecule has 18 nitrogen and oxygen atoms in total. The zero-order valence-corrected chi connectivity index (χ0v) is 38.7. The number of nitrogens with one attached hydrogen (secondary N) is 2. The summed E-state index contributed by atoms with van der Waals surface area (Å²) in [4.78, 5) is 78.8. The van der Waals surface area contributed by atoms with E-state index < -0.39 is 55.9 Å². The Morgan fingerprint density at radius 1 is 1.03 bits per heavy atom. The maximum absolute atomic E-state index is 14.1. The van der Waals surface area contributed by atoms with Crippen molar-refractivity contribution < 1.29 is 47.3 Å². The summed E-state index contributed by atoms with van der Waals surface area (Å²) >= 11 is 0. The maximum Gasteiger partial charge on any atom is 0.415 e. The second-order valence-corrected chi connectivity index (χ2v) is 24.7. The van der Waals surface area contributed by atoms with E-state index in [9.17, 15) is 29.2 Å². The van der Waals surface area contributed by atoms with Crippen molar-refractivity contribution >= 4 is 55.7 Å². The van der Waals surface area contributed by atoms with E-state index in [0.717, 1.165) is 11.1 Å². The molecule has 4 heterocycles. The Labute approximate surface area is 364 Å². The van der Waals surface area contributed by atoms with Gasteiger partial charge in [0, 0.05) is 38.2 Å². The van der Waals surface area contributed by atoms with Crippen LogP contribution in [0.25, 0.3) is 0 Å². The van der Waals surface area contributed by atoms with E-state index in [4.69, 9.17) is 23.4 Å². The normalized spacial score (nSPS) is 21.3. The van der Waals surface area contributed by atoms with E-state index in [2.05, 4.69) is 60.5 Å². The van der Waals surface area contributed by atoms with E-state index in [-0.39, 0.29) is 66.7 Å². The molecule has 2 N–H and O–H groups in total. The molecule has 4 atom stereocenters. The molecule has 5 amide bonds. The highest BCUT2D eigenvalue weighted by molar-refractivity contribution is 6.74. The number of aromatic nitrogens is 2. The summed E-state index contributed by atoms with van der Waals surface area (Å²) in [6.07, 6.45) is 0.282. The van der Waals surface area contributed by atoms with Crippen molar-refractivity contribution in [1.29, 1.82) is 5.26 Å². The average Bonchev–Trinajstić information content (AvgIpc) is 3.87. The third kappa shape index (κ3) is 10.9. The van der Waals surface area contributed by atoms with Gasteiger partial charge in [0.25, 0.3) is 11.8 Å². The summed E-state index contributed by atoms with van der Waals surface area (Å²) in [7, 11) is -2.24. The fourth-order valence-corrected chi connectivity index (χ4v) is 9.00. The van der Waals surface area contributed by atoms with Gasteiger partial charge in [-0.15, -0.1) is 0 Å². The summed E-state index contributed by atoms with van der Waals surface area (Å²) < 4.78 is 29.1. The second kappa shape index (κ2) is 17.4. The molecule has 1 aromatic carbocycles. The lowest BCUT2D eigenvalue weighted by atomic mass is 10.0. The zero-order chi connectivity index (χ0) is 45.5. The number of anilines is 3. The van der Waals surface area contributed by atoms with Crippen LogP contribution in [0.15, 0.2) is 18.3 Å². The van der Waals surface area contributed by atoms with E-state index in [1.165, 1.54) is 16.0 Å². The van der Waals surface area contributed by atoms with Gasteiger partial charge in [0.2, 0.25) is 5.91 Å². The van der Waals surface area contributed by atoms with Crippen molar-refractivity contribution in [2.24, 2.45) is 5.92 Å². The fourth-order valence-electron chi connectivity index (χ4n) is 7.64. The SMILES string of the molecule is CC(C)(C)OC(=O)N(CCC1CN(c2cnc3c(n2)NC(=O)CO3)C(=O)O1)CC1Cc2cc(NC(=O)[C@@H]3C[C@@H](O[Si](C)(C)C(C)(C)C)CN3C(=O)OC(C)(C)C)cc(C#N)c2C1. The van der Waals surface area contributed by atoms with Crippen molar-refractivity contribution in [3.63, 3.8) is 0 Å². The molecule has 0 spiro atoms. The standard InChI is InChI=1S/C43H60N8O10Si/c1-41(2,3)59-38(54)49(13-12-29-22-51(39(55)58-29)33-20-45-37-35(47-33)48-34(52)24-57-37)21-25-14-26-16-28(17-27(19-44)31(26)15-25)46-36(53)32-18-30(61-62(10,11)43(7,8)9)23-50(32)40(56)60-42(4,5)6/h16-17,20,25,29-30,32H,12-15,18,21-24H2,1-11H3,(H,46,53)(H,47,48,52)/t25?,29?,30-,32+/m1/s1. The van der Waals surface area contributed by atoms with Gasteiger partial charge < -0.3 is 38.9 Å². The molecule has 6 rings (SSSR count). The number of cyclic esters (lactones) is 1. The zero-order valence-electron chi connectivity index (χ0n) is 37.7. The Balaban J connectivity index is 1.13. The Morgan fingerprint density at radius 2 is 1.74 bits per heavy atom. The molecule has 2 aromatic rings. The van der Waals surface area contributed by atoms with Gasteiger partial charge in [0.05, 0.1) is 30.5 Å². The Hall–Kier alpha value is -5.48. The van der Waals surface area contributed by atoms with E-state index in [1.54, 1.807) is 52.5 Å². The summed E-state index contributed by atoms with van der Waals surface area (Å²) in [6, 6.07) is 4.94. The van der Waals surface area contributed by atoms with Crippen LogP contribution < -0.4 is 20.3 Å². The number of amides is 5. The molecular weight excluding hydrogens is 817 g/mol. The Kier molecular flexibility index (Phi) is 12.9. The topological polar surface area (TPSA) is 215 Å². The van der Waals surface area contributed by atoms with Crippen LogP contribution in [0.5, 0.6) is 5.88 Å². The van der Waals surface area contributed by atoms with Crippen molar-refractivity contribution in [1.82, 2.24) is 19.8 Å². The number of carbonyl (C=O) groups excluding carboxylic acids is 5. The maximum atomic E-state index is 14.1. The fraction of sp³-hybridized carbons (Fsp3) is 0.628. The molecule has 2 fully saturated rings. The first-order valence-electron chi connectivity index (χ1n) is 21.1. The van der Waals surface area contributed by atoms with Crippen molar-refractivity contribution in [2.75, 3.05) is 48.3 Å². The van der Waals surface area contributed by atoms with Gasteiger partial charge in [-0.2, -0.15) is 5.26 Å². The monoisotopic (exact) mass is 876 g/mol. The second-order valence-electron chi connectivity index (χ2n) is 20.0. The number of hydrogen-bond acceptors (Lipinski definition) is 13. The predicted octanol–water partition coefficient (Wildman–Crippen LogP) is 6.38. The summed E-state index contributed by atoms with van der Waals surface area (Å²) in [5.74, 6) is -0.439. The first-order valence-corrected chi connectivity index (χ1v) is 24.0. The molecule has 1 aromatic heterocycles. The minimum Gasteiger partial charge on any atom is -0.465 e. The van der Waals surface area contributed by atoms with Crippen LogP contribution in [0.2, 0.25) is 18.1 Å². The number of nitriles is 1. The number of fused-ring (bicyclic) bond motifs is 2. The lowest BCUT2D eigenvalue weighted by Gasteiger charge is -2.38. The average molecular weight is 877 g/mol. The minimum atomic E-state index is -2.24. The number of rotatable bonds is 10. The first-order chi connectivity index (χ1) is 28.8. The molecule has 19 heteroatoms. The molecule has 3 aliphatic heterocycles. The molecule has 0 bridgehead atoms. The quantitative estimate of drug-likeness (QED) is 0.196. The van der Waals surface area contributed by atoms with Crippen molar-refractivity contribution in [3.8, 4) is 11.9 Å². The van der Waals surface area contributed by atoms with Gasteiger partial charge in [-0.05, 0) is 102 Å². The van der Waals surface area contributed by atoms with E-state index in [1.807, 2.05) is 6.07 Å². The van der Waals surface area contributed by atoms with Crippen LogP contribution in [0.1, 0.15) is 91.8 Å². The Morgan fingerprint density at radius 3 is 2.40 bits per heavy atom. The van der Waals surface area contributed by atoms with Crippen LogP contribution in [-0.2, 0) is 41.1 Å². The highest BCUT2D eigenvalue weighted by Crippen LogP contribution is 2.40. The summed E-state index contributed by atoms with van der Waals surface area (Å²) in [5, 5.41) is 15.8. The molecule has 0 radical (unpaired) electrons. The van der Waals surface area contributed by atoms with Gasteiger partial charge in [0.15, 0.2) is 26.6 Å².